The first-order valence-electron chi connectivity index (χ1n) is 9.38. The number of amides is 1. The first kappa shape index (κ1) is 21.1. The van der Waals surface area contributed by atoms with E-state index in [1.54, 1.807) is 13.2 Å². The molecule has 0 aromatic carbocycles. The van der Waals surface area contributed by atoms with Crippen LogP contribution in [0.4, 0.5) is 4.79 Å². The van der Waals surface area contributed by atoms with Crippen molar-refractivity contribution in [1.29, 1.82) is 0 Å². The Morgan fingerprint density at radius 2 is 2.07 bits per heavy atom. The normalized spacial score (nSPS) is 18.6. The number of ether oxygens (including phenoxy) is 1. The van der Waals surface area contributed by atoms with Crippen molar-refractivity contribution in [2.45, 2.75) is 71.6 Å². The van der Waals surface area contributed by atoms with Crippen LogP contribution in [-0.2, 0) is 16.7 Å². The molecule has 1 amide bonds. The maximum absolute atomic E-state index is 11.9. The van der Waals surface area contributed by atoms with Gasteiger partial charge in [-0.3, -0.25) is 4.99 Å². The first-order valence-corrected chi connectivity index (χ1v) is 9.38. The molecule has 1 atom stereocenters. The molecule has 27 heavy (non-hydrogen) atoms. The van der Waals surface area contributed by atoms with Crippen molar-refractivity contribution in [3.63, 3.8) is 0 Å². The molecule has 0 bridgehead atoms. The molecule has 1 aromatic heterocycles. The van der Waals surface area contributed by atoms with Gasteiger partial charge in [0, 0.05) is 25.6 Å². The van der Waals surface area contributed by atoms with E-state index in [1.807, 2.05) is 20.8 Å². The first-order chi connectivity index (χ1) is 12.5. The van der Waals surface area contributed by atoms with Crippen molar-refractivity contribution in [3.8, 4) is 0 Å². The molecule has 8 nitrogen and oxygen atoms in total. The van der Waals surface area contributed by atoms with Crippen LogP contribution in [-0.4, -0.2) is 53.7 Å². The molecule has 1 aliphatic rings. The van der Waals surface area contributed by atoms with Gasteiger partial charge in [-0.05, 0) is 27.2 Å². The average molecular weight is 380 g/mol. The number of nitrogens with zero attached hydrogens (tertiary/aromatic N) is 3. The van der Waals surface area contributed by atoms with Crippen molar-refractivity contribution < 1.29 is 13.9 Å². The number of alkyl carbamates (subject to hydrolysis) is 1. The second-order valence-corrected chi connectivity index (χ2v) is 8.85. The fraction of sp³-hybridized carbons (Fsp3) is 0.737. The summed E-state index contributed by atoms with van der Waals surface area (Å²) in [5, 5.41) is 6.20. The topological polar surface area (TPSA) is 92.0 Å². The number of guanidine groups is 1. The molecule has 1 saturated heterocycles. The minimum absolute atomic E-state index is 0.0348. The average Bonchev–Trinajstić information content (AvgIpc) is 3.15. The van der Waals surface area contributed by atoms with Crippen LogP contribution in [0.2, 0.25) is 0 Å². The van der Waals surface area contributed by atoms with Crippen LogP contribution in [0.15, 0.2) is 15.6 Å². The van der Waals surface area contributed by atoms with Crippen LogP contribution in [0.5, 0.6) is 0 Å². The fourth-order valence-electron chi connectivity index (χ4n) is 2.77. The lowest BCUT2D eigenvalue weighted by Gasteiger charge is -2.23. The largest absolute Gasteiger partial charge is 0.444 e. The minimum atomic E-state index is -0.498. The van der Waals surface area contributed by atoms with E-state index in [1.165, 1.54) is 0 Å². The Labute approximate surface area is 161 Å². The highest BCUT2D eigenvalue weighted by molar-refractivity contribution is 5.80. The lowest BCUT2D eigenvalue weighted by atomic mass is 9.94. The number of oxazole rings is 1. The quantitative estimate of drug-likeness (QED) is 0.620. The van der Waals surface area contributed by atoms with Crippen LogP contribution in [0, 0.1) is 0 Å². The molecular formula is C19H33N5O3. The van der Waals surface area contributed by atoms with Gasteiger partial charge in [0.1, 0.15) is 11.4 Å². The number of nitrogens with one attached hydrogen (secondary N) is 2. The minimum Gasteiger partial charge on any atom is -0.444 e. The smallest absolute Gasteiger partial charge is 0.407 e. The van der Waals surface area contributed by atoms with E-state index in [2.05, 4.69) is 46.3 Å². The predicted octanol–water partition coefficient (Wildman–Crippen LogP) is 2.65. The molecule has 2 N–H and O–H groups in total. The highest BCUT2D eigenvalue weighted by Crippen LogP contribution is 2.22. The third-order valence-electron chi connectivity index (χ3n) is 4.11. The predicted molar refractivity (Wildman–Crippen MR) is 105 cm³/mol. The zero-order chi connectivity index (χ0) is 20.2. The maximum Gasteiger partial charge on any atom is 0.407 e. The molecule has 1 aromatic rings. The molecule has 2 heterocycles. The van der Waals surface area contributed by atoms with Crippen LogP contribution in [0.1, 0.15) is 59.6 Å². The monoisotopic (exact) mass is 379 g/mol. The van der Waals surface area contributed by atoms with Gasteiger partial charge in [0.2, 0.25) is 5.89 Å². The van der Waals surface area contributed by atoms with Crippen molar-refractivity contribution in [2.24, 2.45) is 4.99 Å². The lowest BCUT2D eigenvalue weighted by molar-refractivity contribution is 0.0507. The number of carbonyl (C=O) groups excluding carboxylic acids is 1. The number of hydrogen-bond donors (Lipinski definition) is 2. The van der Waals surface area contributed by atoms with Gasteiger partial charge in [0.15, 0.2) is 5.96 Å². The van der Waals surface area contributed by atoms with E-state index in [9.17, 15) is 4.79 Å². The van der Waals surface area contributed by atoms with Crippen molar-refractivity contribution in [2.75, 3.05) is 20.1 Å². The van der Waals surface area contributed by atoms with Crippen molar-refractivity contribution in [1.82, 2.24) is 20.5 Å². The number of hydrogen-bond acceptors (Lipinski definition) is 5. The third kappa shape index (κ3) is 6.45. The molecule has 8 heteroatoms. The van der Waals surface area contributed by atoms with Crippen LogP contribution in [0.3, 0.4) is 0 Å². The molecule has 1 fully saturated rings. The highest BCUT2D eigenvalue weighted by Gasteiger charge is 2.28. The summed E-state index contributed by atoms with van der Waals surface area (Å²) in [5.74, 6) is 2.25. The summed E-state index contributed by atoms with van der Waals surface area (Å²) in [6.45, 7) is 13.8. The Morgan fingerprint density at radius 1 is 1.37 bits per heavy atom. The van der Waals surface area contributed by atoms with Crippen LogP contribution < -0.4 is 10.6 Å². The van der Waals surface area contributed by atoms with Gasteiger partial charge < -0.3 is 24.7 Å². The maximum atomic E-state index is 11.9. The van der Waals surface area contributed by atoms with Gasteiger partial charge in [-0.2, -0.15) is 0 Å². The van der Waals surface area contributed by atoms with Gasteiger partial charge in [-0.25, -0.2) is 9.78 Å². The van der Waals surface area contributed by atoms with E-state index in [4.69, 9.17) is 9.15 Å². The molecule has 1 unspecified atom stereocenters. The summed E-state index contributed by atoms with van der Waals surface area (Å²) in [6, 6.07) is 0.0348. The Hall–Kier alpha value is -2.25. The zero-order valence-corrected chi connectivity index (χ0v) is 17.5. The van der Waals surface area contributed by atoms with E-state index in [0.29, 0.717) is 19.0 Å². The fourth-order valence-corrected chi connectivity index (χ4v) is 2.77. The zero-order valence-electron chi connectivity index (χ0n) is 17.5. The molecule has 152 valence electrons. The summed E-state index contributed by atoms with van der Waals surface area (Å²) in [6.07, 6.45) is 2.23. The van der Waals surface area contributed by atoms with E-state index in [-0.39, 0.29) is 17.6 Å². The van der Waals surface area contributed by atoms with Gasteiger partial charge in [0.25, 0.3) is 0 Å². The number of carbonyl (C=O) groups is 1. The Kier molecular flexibility index (Phi) is 6.38. The summed E-state index contributed by atoms with van der Waals surface area (Å²) >= 11 is 0. The molecule has 2 rings (SSSR count). The number of aliphatic imine (C=N–C) groups is 1. The summed E-state index contributed by atoms with van der Waals surface area (Å²) in [4.78, 5) is 22.7. The van der Waals surface area contributed by atoms with Crippen molar-refractivity contribution >= 4 is 12.1 Å². The van der Waals surface area contributed by atoms with E-state index >= 15 is 0 Å². The van der Waals surface area contributed by atoms with E-state index < -0.39 is 5.60 Å². The molecule has 0 spiro atoms. The molecule has 0 saturated carbocycles. The molecule has 1 aliphatic heterocycles. The number of rotatable bonds is 3. The van der Waals surface area contributed by atoms with Gasteiger partial charge in [-0.1, -0.05) is 20.8 Å². The molecule has 0 aliphatic carbocycles. The Bertz CT molecular complexity index is 670. The van der Waals surface area contributed by atoms with Gasteiger partial charge >= 0.3 is 6.09 Å². The van der Waals surface area contributed by atoms with E-state index in [0.717, 1.165) is 24.7 Å². The number of aromatic nitrogens is 1. The van der Waals surface area contributed by atoms with Gasteiger partial charge in [0.05, 0.1) is 18.8 Å². The third-order valence-corrected chi connectivity index (χ3v) is 4.11. The summed E-state index contributed by atoms with van der Waals surface area (Å²) < 4.78 is 11.1. The summed E-state index contributed by atoms with van der Waals surface area (Å²) in [7, 11) is 1.74. The molecular weight excluding hydrogens is 346 g/mol. The summed E-state index contributed by atoms with van der Waals surface area (Å²) in [5.41, 5.74) is -0.565. The Morgan fingerprint density at radius 3 is 2.63 bits per heavy atom. The lowest BCUT2D eigenvalue weighted by Crippen LogP contribution is -2.44. The standard InChI is InChI=1S/C19H33N5O3/c1-18(2,3)14-10-21-15(26-14)11-22-16(20-7)24-9-8-13(12-24)23-17(25)27-19(4,5)6/h10,13H,8-9,11-12H2,1-7H3,(H,20,22)(H,23,25). The second-order valence-electron chi connectivity index (χ2n) is 8.85. The molecule has 0 radical (unpaired) electrons. The van der Waals surface area contributed by atoms with Gasteiger partial charge in [-0.15, -0.1) is 0 Å². The van der Waals surface area contributed by atoms with Crippen LogP contribution >= 0.6 is 0 Å². The van der Waals surface area contributed by atoms with Crippen LogP contribution in [0.25, 0.3) is 0 Å². The highest BCUT2D eigenvalue weighted by atomic mass is 16.6. The van der Waals surface area contributed by atoms with Crippen molar-refractivity contribution in [3.05, 3.63) is 17.8 Å². The number of likely N-dealkylation sites (tertiary alicyclic amines) is 1. The Balaban J connectivity index is 1.84. The SMILES string of the molecule is CN=C(NCc1ncc(C(C)(C)C)o1)N1CCC(NC(=O)OC(C)(C)C)C1. The second kappa shape index (κ2) is 8.19.